The highest BCUT2D eigenvalue weighted by atomic mass is 32.2. The maximum absolute atomic E-state index is 12.9. The van der Waals surface area contributed by atoms with Gasteiger partial charge in [-0.05, 0) is 19.3 Å². The molecule has 1 aromatic rings. The van der Waals surface area contributed by atoms with E-state index < -0.39 is 10.0 Å². The number of hydrogen-bond donors (Lipinski definition) is 0. The van der Waals surface area contributed by atoms with Crippen LogP contribution in [0.2, 0.25) is 0 Å². The van der Waals surface area contributed by atoms with Crippen LogP contribution in [0.5, 0.6) is 0 Å². The van der Waals surface area contributed by atoms with Gasteiger partial charge in [-0.1, -0.05) is 20.8 Å². The molecule has 0 radical (unpaired) electrons. The summed E-state index contributed by atoms with van der Waals surface area (Å²) in [6.07, 6.45) is 3.11. The summed E-state index contributed by atoms with van der Waals surface area (Å²) in [5.41, 5.74) is -0.0749. The van der Waals surface area contributed by atoms with Crippen molar-refractivity contribution in [3.05, 3.63) is 12.4 Å². The van der Waals surface area contributed by atoms with Crippen LogP contribution in [0.1, 0.15) is 40.7 Å². The van der Waals surface area contributed by atoms with Crippen LogP contribution in [0, 0.1) is 5.41 Å². The van der Waals surface area contributed by atoms with Gasteiger partial charge in [0.25, 0.3) is 0 Å². The van der Waals surface area contributed by atoms with Crippen molar-refractivity contribution in [3.8, 4) is 0 Å². The van der Waals surface area contributed by atoms with E-state index in [-0.39, 0.29) is 17.5 Å². The first-order chi connectivity index (χ1) is 9.64. The molecule has 0 N–H and O–H groups in total. The zero-order chi connectivity index (χ0) is 15.8. The monoisotopic (exact) mass is 331 g/mol. The molecule has 1 aliphatic heterocycles. The van der Waals surface area contributed by atoms with Crippen LogP contribution in [0.4, 0.5) is 0 Å². The van der Waals surface area contributed by atoms with Crippen molar-refractivity contribution < 1.29 is 8.42 Å². The number of hydrogen-bond acceptors (Lipinski definition) is 4. The fraction of sp³-hybridized carbons (Fsp3) is 0.786. The van der Waals surface area contributed by atoms with Gasteiger partial charge >= 0.3 is 0 Å². The molecule has 0 amide bonds. The quantitative estimate of drug-likeness (QED) is 0.854. The third kappa shape index (κ3) is 3.46. The number of thioether (sulfide) groups is 1. The second-order valence-electron chi connectivity index (χ2n) is 6.82. The molecule has 1 atom stereocenters. The van der Waals surface area contributed by atoms with Crippen LogP contribution in [0.25, 0.3) is 0 Å². The van der Waals surface area contributed by atoms with Crippen molar-refractivity contribution in [2.75, 3.05) is 18.1 Å². The van der Waals surface area contributed by atoms with Crippen LogP contribution in [0.3, 0.4) is 0 Å². The van der Waals surface area contributed by atoms with Crippen LogP contribution >= 0.6 is 11.8 Å². The molecule has 0 spiro atoms. The largest absolute Gasteiger partial charge is 0.269 e. The Morgan fingerprint density at radius 1 is 1.38 bits per heavy atom. The van der Waals surface area contributed by atoms with Crippen LogP contribution < -0.4 is 0 Å². The predicted molar refractivity (Wildman–Crippen MR) is 87.1 cm³/mol. The second-order valence-corrected chi connectivity index (χ2v) is 9.86. The topological polar surface area (TPSA) is 55.2 Å². The zero-order valence-corrected chi connectivity index (χ0v) is 15.0. The first-order valence-electron chi connectivity index (χ1n) is 7.28. The Balaban J connectivity index is 2.36. The lowest BCUT2D eigenvalue weighted by Crippen LogP contribution is -2.52. The molecule has 0 saturated carbocycles. The molecule has 1 aliphatic rings. The van der Waals surface area contributed by atoms with E-state index in [2.05, 4.69) is 25.9 Å². The molecule has 1 saturated heterocycles. The molecule has 21 heavy (non-hydrogen) atoms. The van der Waals surface area contributed by atoms with Gasteiger partial charge in [0.1, 0.15) is 4.90 Å². The Morgan fingerprint density at radius 2 is 2.05 bits per heavy atom. The molecule has 2 rings (SSSR count). The van der Waals surface area contributed by atoms with Crippen LogP contribution in [-0.2, 0) is 10.0 Å². The number of rotatable bonds is 3. The minimum Gasteiger partial charge on any atom is -0.269 e. The van der Waals surface area contributed by atoms with Gasteiger partial charge in [0.2, 0.25) is 10.0 Å². The van der Waals surface area contributed by atoms with E-state index in [0.29, 0.717) is 11.4 Å². The minimum absolute atomic E-state index is 0.0173. The molecule has 0 aromatic carbocycles. The second kappa shape index (κ2) is 5.93. The van der Waals surface area contributed by atoms with Crippen molar-refractivity contribution in [2.45, 2.75) is 51.6 Å². The van der Waals surface area contributed by atoms with E-state index in [1.54, 1.807) is 15.2 Å². The molecule has 1 unspecified atom stereocenters. The Morgan fingerprint density at radius 3 is 2.57 bits per heavy atom. The highest BCUT2D eigenvalue weighted by Gasteiger charge is 2.40. The fourth-order valence-electron chi connectivity index (χ4n) is 2.43. The van der Waals surface area contributed by atoms with Crippen LogP contribution in [0.15, 0.2) is 17.3 Å². The molecular formula is C14H25N3O2S2. The highest BCUT2D eigenvalue weighted by Crippen LogP contribution is 2.34. The van der Waals surface area contributed by atoms with E-state index in [0.717, 1.165) is 11.5 Å². The van der Waals surface area contributed by atoms with Gasteiger partial charge in [0, 0.05) is 36.3 Å². The van der Waals surface area contributed by atoms with Crippen molar-refractivity contribution in [3.63, 3.8) is 0 Å². The van der Waals surface area contributed by atoms with Crippen molar-refractivity contribution >= 4 is 21.8 Å². The van der Waals surface area contributed by atoms with Gasteiger partial charge < -0.3 is 0 Å². The van der Waals surface area contributed by atoms with E-state index in [9.17, 15) is 8.42 Å². The molecular weight excluding hydrogens is 306 g/mol. The number of nitrogens with zero attached hydrogens (tertiary/aromatic N) is 3. The van der Waals surface area contributed by atoms with E-state index in [1.807, 2.05) is 25.6 Å². The normalized spacial score (nSPS) is 21.9. The Labute approximate surface area is 132 Å². The molecule has 0 aliphatic carbocycles. The van der Waals surface area contributed by atoms with Gasteiger partial charge in [0.05, 0.1) is 6.20 Å². The Hall–Kier alpha value is -0.530. The summed E-state index contributed by atoms with van der Waals surface area (Å²) in [6, 6.07) is 0.174. The maximum atomic E-state index is 12.9. The number of aromatic nitrogens is 2. The fourth-order valence-corrected chi connectivity index (χ4v) is 5.79. The molecule has 1 fully saturated rings. The first-order valence-corrected chi connectivity index (χ1v) is 9.87. The first kappa shape index (κ1) is 16.8. The van der Waals surface area contributed by atoms with Gasteiger partial charge in [0.15, 0.2) is 0 Å². The molecule has 120 valence electrons. The smallest absolute Gasteiger partial charge is 0.246 e. The molecule has 2 heterocycles. The van der Waals surface area contributed by atoms with Crippen LogP contribution in [-0.4, -0.2) is 46.6 Å². The van der Waals surface area contributed by atoms with Crippen molar-refractivity contribution in [2.24, 2.45) is 5.41 Å². The van der Waals surface area contributed by atoms with Gasteiger partial charge in [-0.25, -0.2) is 8.42 Å². The average molecular weight is 332 g/mol. The summed E-state index contributed by atoms with van der Waals surface area (Å²) in [7, 11) is -3.47. The zero-order valence-electron chi connectivity index (χ0n) is 13.4. The Kier molecular flexibility index (Phi) is 4.75. The molecule has 1 aromatic heterocycles. The summed E-state index contributed by atoms with van der Waals surface area (Å²) in [6.45, 7) is 10.8. The SMILES string of the molecule is CC(C)n1cc(S(=O)(=O)N2CCSCC2C(C)(C)C)cn1. The van der Waals surface area contributed by atoms with Gasteiger partial charge in [-0.3, -0.25) is 4.68 Å². The summed E-state index contributed by atoms with van der Waals surface area (Å²) >= 11 is 1.83. The standard InChI is InChI=1S/C14H25N3O2S2/c1-11(2)16-9-12(8-15-16)21(18,19)17-6-7-20-10-13(17)14(3,4)5/h8-9,11,13H,6-7,10H2,1-5H3. The van der Waals surface area contributed by atoms with E-state index >= 15 is 0 Å². The van der Waals surface area contributed by atoms with E-state index in [4.69, 9.17) is 0 Å². The average Bonchev–Trinajstić information content (AvgIpc) is 2.88. The summed E-state index contributed by atoms with van der Waals surface area (Å²) in [5.74, 6) is 1.70. The maximum Gasteiger partial charge on any atom is 0.246 e. The lowest BCUT2D eigenvalue weighted by Gasteiger charge is -2.41. The predicted octanol–water partition coefficient (Wildman–Crippen LogP) is 2.62. The summed E-state index contributed by atoms with van der Waals surface area (Å²) in [4.78, 5) is 0.303. The number of sulfonamides is 1. The molecule has 7 heteroatoms. The lowest BCUT2D eigenvalue weighted by molar-refractivity contribution is 0.198. The van der Waals surface area contributed by atoms with Crippen molar-refractivity contribution in [1.82, 2.24) is 14.1 Å². The third-order valence-electron chi connectivity index (χ3n) is 3.79. The molecule has 5 nitrogen and oxygen atoms in total. The summed E-state index contributed by atoms with van der Waals surface area (Å²) in [5, 5.41) is 4.17. The Bertz CT molecular complexity index is 588. The minimum atomic E-state index is -3.47. The molecule has 0 bridgehead atoms. The lowest BCUT2D eigenvalue weighted by atomic mass is 9.88. The van der Waals surface area contributed by atoms with Crippen molar-refractivity contribution in [1.29, 1.82) is 0 Å². The van der Waals surface area contributed by atoms with Gasteiger partial charge in [-0.15, -0.1) is 0 Å². The van der Waals surface area contributed by atoms with Gasteiger partial charge in [-0.2, -0.15) is 21.2 Å². The summed E-state index contributed by atoms with van der Waals surface area (Å²) < 4.78 is 29.3. The highest BCUT2D eigenvalue weighted by molar-refractivity contribution is 7.99. The third-order valence-corrected chi connectivity index (χ3v) is 6.68. The van der Waals surface area contributed by atoms with E-state index in [1.165, 1.54) is 6.20 Å².